The van der Waals surface area contributed by atoms with Crippen LogP contribution in [0.5, 0.6) is 0 Å². The molecule has 0 aromatic heterocycles. The summed E-state index contributed by atoms with van der Waals surface area (Å²) in [5.41, 5.74) is 1.17. The van der Waals surface area contributed by atoms with Gasteiger partial charge in [0.05, 0.1) is 0 Å². The Hall–Kier alpha value is -0.533. The molecule has 0 aliphatic heterocycles. The minimum absolute atomic E-state index is 0.957. The molecule has 0 radical (unpaired) electrons. The van der Waals surface area contributed by atoms with Gasteiger partial charge in [0.15, 0.2) is 7.38 Å². The van der Waals surface area contributed by atoms with Crippen molar-refractivity contribution < 1.29 is 0 Å². The summed E-state index contributed by atoms with van der Waals surface area (Å²) in [6.45, 7) is 8.12. The number of hydrogen-bond acceptors (Lipinski definition) is 0. The molecule has 0 spiro atoms. The molecule has 0 nitrogen and oxygen atoms in total. The van der Waals surface area contributed by atoms with E-state index in [2.05, 4.69) is 25.3 Å². The Morgan fingerprint density at radius 3 is 2.38 bits per heavy atom. The Morgan fingerprint density at radius 2 is 1.92 bits per heavy atom. The van der Waals surface area contributed by atoms with Crippen LogP contribution in [-0.2, 0) is 0 Å². The highest BCUT2D eigenvalue weighted by Crippen LogP contribution is 2.19. The summed E-state index contributed by atoms with van der Waals surface area (Å²) >= 11 is 6.53. The number of halogens is 1. The summed E-state index contributed by atoms with van der Waals surface area (Å²) < 4.78 is 0. The maximum atomic E-state index is 6.53. The van der Waals surface area contributed by atoms with Crippen molar-refractivity contribution in [2.24, 2.45) is 0 Å². The third-order valence-corrected chi connectivity index (χ3v) is 5.87. The zero-order valence-corrected chi connectivity index (χ0v) is 9.93. The molecule has 1 atom stereocenters. The van der Waals surface area contributed by atoms with Crippen molar-refractivity contribution in [3.63, 3.8) is 0 Å². The van der Waals surface area contributed by atoms with Crippen LogP contribution in [0.25, 0.3) is 0 Å². The lowest BCUT2D eigenvalue weighted by molar-refractivity contribution is 1.37. The molecule has 0 aliphatic carbocycles. The van der Waals surface area contributed by atoms with Crippen LogP contribution in [0.15, 0.2) is 42.5 Å². The summed E-state index contributed by atoms with van der Waals surface area (Å²) in [4.78, 5) is 0. The van der Waals surface area contributed by atoms with E-state index < -0.39 is 7.38 Å². The van der Waals surface area contributed by atoms with Crippen LogP contribution in [0.2, 0.25) is 12.6 Å². The van der Waals surface area contributed by atoms with E-state index in [0.717, 1.165) is 6.04 Å². The molecule has 0 saturated heterocycles. The van der Waals surface area contributed by atoms with Crippen LogP contribution < -0.4 is 5.19 Å². The van der Waals surface area contributed by atoms with E-state index in [1.165, 1.54) is 10.8 Å². The third-order valence-electron chi connectivity index (χ3n) is 2.01. The maximum Gasteiger partial charge on any atom is 0.187 e. The van der Waals surface area contributed by atoms with Crippen LogP contribution >= 0.6 is 11.1 Å². The Kier molecular flexibility index (Phi) is 3.34. The number of allylic oxidation sites excluding steroid dienone is 1. The zero-order valence-electron chi connectivity index (χ0n) is 8.18. The highest BCUT2D eigenvalue weighted by molar-refractivity contribution is 7.27. The van der Waals surface area contributed by atoms with Crippen molar-refractivity contribution in [1.29, 1.82) is 0 Å². The van der Waals surface area contributed by atoms with Gasteiger partial charge >= 0.3 is 0 Å². The van der Waals surface area contributed by atoms with Crippen LogP contribution in [0.3, 0.4) is 0 Å². The van der Waals surface area contributed by atoms with Gasteiger partial charge in [-0.05, 0) is 18.2 Å². The minimum atomic E-state index is -1.77. The Balaban J connectivity index is 2.87. The van der Waals surface area contributed by atoms with Gasteiger partial charge < -0.3 is 0 Å². The molecule has 2 heteroatoms. The third kappa shape index (κ3) is 3.01. The Morgan fingerprint density at radius 1 is 1.38 bits per heavy atom. The lowest BCUT2D eigenvalue weighted by Gasteiger charge is -2.19. The van der Waals surface area contributed by atoms with Gasteiger partial charge in [0.1, 0.15) is 0 Å². The first-order chi connectivity index (χ1) is 6.02. The van der Waals surface area contributed by atoms with Crippen molar-refractivity contribution in [2.45, 2.75) is 19.5 Å². The largest absolute Gasteiger partial charge is 0.187 e. The summed E-state index contributed by atoms with van der Waals surface area (Å²) in [5.74, 6) is 0. The molecule has 0 heterocycles. The number of hydrogen-bond donors (Lipinski definition) is 0. The average molecular weight is 211 g/mol. The molecule has 70 valence electrons. The Bertz CT molecular complexity index is 290. The SMILES string of the molecule is C=C(C)C[Si](C)(Cl)c1ccccc1. The van der Waals surface area contributed by atoms with E-state index in [9.17, 15) is 0 Å². The molecule has 0 N–H and O–H groups in total. The lowest BCUT2D eigenvalue weighted by atomic mass is 10.4. The van der Waals surface area contributed by atoms with Crippen molar-refractivity contribution >= 4 is 23.6 Å². The first kappa shape index (κ1) is 10.5. The van der Waals surface area contributed by atoms with Gasteiger partial charge in [0.25, 0.3) is 0 Å². The zero-order chi connectivity index (χ0) is 9.90. The van der Waals surface area contributed by atoms with Gasteiger partial charge in [0, 0.05) is 0 Å². The van der Waals surface area contributed by atoms with E-state index in [4.69, 9.17) is 11.1 Å². The molecule has 0 saturated carbocycles. The minimum Gasteiger partial charge on any atom is -0.161 e. The fourth-order valence-electron chi connectivity index (χ4n) is 1.45. The van der Waals surface area contributed by atoms with Crippen molar-refractivity contribution in [2.75, 3.05) is 0 Å². The molecular weight excluding hydrogens is 196 g/mol. The highest BCUT2D eigenvalue weighted by Gasteiger charge is 2.26. The van der Waals surface area contributed by atoms with Crippen molar-refractivity contribution in [3.05, 3.63) is 42.5 Å². The van der Waals surface area contributed by atoms with Crippen LogP contribution in [0, 0.1) is 0 Å². The smallest absolute Gasteiger partial charge is 0.161 e. The van der Waals surface area contributed by atoms with E-state index in [1.54, 1.807) is 0 Å². The second-order valence-corrected chi connectivity index (χ2v) is 9.53. The molecule has 1 unspecified atom stereocenters. The monoisotopic (exact) mass is 210 g/mol. The molecule has 0 fully saturated rings. The highest BCUT2D eigenvalue weighted by atomic mass is 35.6. The number of benzene rings is 1. The van der Waals surface area contributed by atoms with Gasteiger partial charge in [-0.15, -0.1) is 6.58 Å². The summed E-state index contributed by atoms with van der Waals surface area (Å²) in [6, 6.07) is 11.3. The predicted octanol–water partition coefficient (Wildman–Crippen LogP) is 3.28. The molecule has 1 rings (SSSR count). The molecule has 0 amide bonds. The van der Waals surface area contributed by atoms with Crippen molar-refractivity contribution in [3.8, 4) is 0 Å². The van der Waals surface area contributed by atoms with Gasteiger partial charge in [-0.1, -0.05) is 42.5 Å². The fourth-order valence-corrected chi connectivity index (χ4v) is 4.74. The molecule has 0 aliphatic rings. The topological polar surface area (TPSA) is 0 Å². The van der Waals surface area contributed by atoms with E-state index in [0.29, 0.717) is 0 Å². The van der Waals surface area contributed by atoms with E-state index >= 15 is 0 Å². The average Bonchev–Trinajstić information content (AvgIpc) is 2.04. The van der Waals surface area contributed by atoms with E-state index in [-0.39, 0.29) is 0 Å². The van der Waals surface area contributed by atoms with Gasteiger partial charge in [-0.25, -0.2) is 0 Å². The second-order valence-electron chi connectivity index (χ2n) is 3.70. The Labute approximate surface area is 86.0 Å². The first-order valence-corrected chi connectivity index (χ1v) is 8.13. The number of rotatable bonds is 3. The summed E-state index contributed by atoms with van der Waals surface area (Å²) in [5, 5.41) is 1.29. The normalized spacial score (nSPS) is 15.0. The van der Waals surface area contributed by atoms with Crippen LogP contribution in [0.1, 0.15) is 6.92 Å². The van der Waals surface area contributed by atoms with Gasteiger partial charge in [-0.3, -0.25) is 0 Å². The maximum absolute atomic E-state index is 6.53. The quantitative estimate of drug-likeness (QED) is 0.408. The molecule has 1 aromatic rings. The molecular formula is C11H15ClSi. The predicted molar refractivity (Wildman–Crippen MR) is 63.2 cm³/mol. The second kappa shape index (κ2) is 4.12. The molecule has 1 aromatic carbocycles. The van der Waals surface area contributed by atoms with Crippen molar-refractivity contribution in [1.82, 2.24) is 0 Å². The summed E-state index contributed by atoms with van der Waals surface area (Å²) in [6.07, 6.45) is 0. The fraction of sp³-hybridized carbons (Fsp3) is 0.273. The summed E-state index contributed by atoms with van der Waals surface area (Å²) in [7, 11) is -1.77. The molecule has 0 bridgehead atoms. The standard InChI is InChI=1S/C11H15ClSi/c1-10(2)9-13(3,12)11-7-5-4-6-8-11/h4-8H,1,9H2,2-3H3. The van der Waals surface area contributed by atoms with Crippen LogP contribution in [0.4, 0.5) is 0 Å². The lowest BCUT2D eigenvalue weighted by Crippen LogP contribution is -2.38. The van der Waals surface area contributed by atoms with Gasteiger partial charge in [-0.2, -0.15) is 11.1 Å². The first-order valence-electron chi connectivity index (χ1n) is 4.41. The van der Waals surface area contributed by atoms with Gasteiger partial charge in [0.2, 0.25) is 0 Å². The molecule has 13 heavy (non-hydrogen) atoms. The van der Waals surface area contributed by atoms with Crippen LogP contribution in [-0.4, -0.2) is 7.38 Å². The van der Waals surface area contributed by atoms with E-state index in [1.807, 2.05) is 25.1 Å².